The summed E-state index contributed by atoms with van der Waals surface area (Å²) >= 11 is 1.63. The molecule has 2 nitrogen and oxygen atoms in total. The summed E-state index contributed by atoms with van der Waals surface area (Å²) < 4.78 is 0. The molecule has 0 atom stereocenters. The molecule has 1 saturated carbocycles. The summed E-state index contributed by atoms with van der Waals surface area (Å²) in [6, 6.07) is 2.32. The predicted molar refractivity (Wildman–Crippen MR) is 63.4 cm³/mol. The van der Waals surface area contributed by atoms with Crippen molar-refractivity contribution in [2.75, 3.05) is 0 Å². The second kappa shape index (κ2) is 4.79. The van der Waals surface area contributed by atoms with E-state index < -0.39 is 0 Å². The van der Waals surface area contributed by atoms with E-state index in [9.17, 15) is 4.79 Å². The number of hydrogen-bond donors (Lipinski definition) is 1. The van der Waals surface area contributed by atoms with Gasteiger partial charge in [0.2, 0.25) is 0 Å². The van der Waals surface area contributed by atoms with Crippen LogP contribution in [0.2, 0.25) is 0 Å². The van der Waals surface area contributed by atoms with Crippen molar-refractivity contribution in [1.82, 2.24) is 5.32 Å². The highest BCUT2D eigenvalue weighted by Gasteiger charge is 2.17. The van der Waals surface area contributed by atoms with Gasteiger partial charge in [0.05, 0.1) is 5.56 Å². The second-order valence-corrected chi connectivity index (χ2v) is 5.32. The molecule has 0 bridgehead atoms. The van der Waals surface area contributed by atoms with Gasteiger partial charge in [0.15, 0.2) is 0 Å². The number of nitrogens with one attached hydrogen (secondary N) is 1. The van der Waals surface area contributed by atoms with E-state index in [-0.39, 0.29) is 5.91 Å². The minimum Gasteiger partial charge on any atom is -0.349 e. The second-order valence-electron chi connectivity index (χ2n) is 4.20. The standard InChI is InChI=1S/C12H17NOS/c1-9-11(7-8-15-9)12(14)13-10-5-3-2-4-6-10/h7-8,10H,2-6H2,1H3,(H,13,14). The topological polar surface area (TPSA) is 29.1 Å². The number of carbonyl (C=O) groups excluding carboxylic acids is 1. The average molecular weight is 223 g/mol. The third kappa shape index (κ3) is 2.59. The lowest BCUT2D eigenvalue weighted by molar-refractivity contribution is 0.0927. The minimum absolute atomic E-state index is 0.112. The van der Waals surface area contributed by atoms with Crippen LogP contribution in [0.1, 0.15) is 47.3 Å². The molecule has 2 rings (SSSR count). The molecule has 1 aromatic rings. The van der Waals surface area contributed by atoms with Crippen LogP contribution in [-0.2, 0) is 0 Å². The van der Waals surface area contributed by atoms with Crippen LogP contribution in [0.5, 0.6) is 0 Å². The largest absolute Gasteiger partial charge is 0.349 e. The van der Waals surface area contributed by atoms with Gasteiger partial charge in [-0.05, 0) is 31.2 Å². The minimum atomic E-state index is 0.112. The summed E-state index contributed by atoms with van der Waals surface area (Å²) in [6.45, 7) is 2.00. The zero-order valence-corrected chi connectivity index (χ0v) is 9.90. The van der Waals surface area contributed by atoms with Gasteiger partial charge in [-0.15, -0.1) is 11.3 Å². The third-order valence-electron chi connectivity index (χ3n) is 3.04. The first-order chi connectivity index (χ1) is 7.27. The Morgan fingerprint density at radius 3 is 2.73 bits per heavy atom. The molecule has 0 spiro atoms. The summed E-state index contributed by atoms with van der Waals surface area (Å²) in [7, 11) is 0. The Hall–Kier alpha value is -0.830. The van der Waals surface area contributed by atoms with E-state index in [1.54, 1.807) is 11.3 Å². The molecule has 1 fully saturated rings. The Bertz CT molecular complexity index is 339. The Kier molecular flexibility index (Phi) is 3.41. The first-order valence-corrected chi connectivity index (χ1v) is 6.50. The van der Waals surface area contributed by atoms with Crippen LogP contribution in [-0.4, -0.2) is 11.9 Å². The van der Waals surface area contributed by atoms with Crippen molar-refractivity contribution in [1.29, 1.82) is 0 Å². The van der Waals surface area contributed by atoms with E-state index in [1.165, 1.54) is 19.3 Å². The SMILES string of the molecule is Cc1sccc1C(=O)NC1CCCCC1. The van der Waals surface area contributed by atoms with E-state index >= 15 is 0 Å². The van der Waals surface area contributed by atoms with Crippen LogP contribution in [0, 0.1) is 6.92 Å². The van der Waals surface area contributed by atoms with Gasteiger partial charge in [-0.25, -0.2) is 0 Å². The summed E-state index contributed by atoms with van der Waals surface area (Å²) in [5.41, 5.74) is 0.852. The lowest BCUT2D eigenvalue weighted by Gasteiger charge is -2.22. The molecule has 1 aromatic heterocycles. The molecule has 3 heteroatoms. The Morgan fingerprint density at radius 2 is 2.13 bits per heavy atom. The smallest absolute Gasteiger partial charge is 0.252 e. The van der Waals surface area contributed by atoms with E-state index in [2.05, 4.69) is 5.32 Å². The molecule has 1 heterocycles. The molecule has 0 unspecified atom stereocenters. The molecule has 15 heavy (non-hydrogen) atoms. The van der Waals surface area contributed by atoms with Crippen molar-refractivity contribution in [2.45, 2.75) is 45.1 Å². The van der Waals surface area contributed by atoms with Crippen LogP contribution in [0.3, 0.4) is 0 Å². The van der Waals surface area contributed by atoms with Crippen LogP contribution in [0.15, 0.2) is 11.4 Å². The van der Waals surface area contributed by atoms with Crippen LogP contribution < -0.4 is 5.32 Å². The summed E-state index contributed by atoms with van der Waals surface area (Å²) in [5, 5.41) is 5.11. The first kappa shape index (κ1) is 10.7. The van der Waals surface area contributed by atoms with E-state index in [0.717, 1.165) is 23.3 Å². The number of amides is 1. The van der Waals surface area contributed by atoms with Crippen molar-refractivity contribution in [2.24, 2.45) is 0 Å². The number of hydrogen-bond acceptors (Lipinski definition) is 2. The Morgan fingerprint density at radius 1 is 1.40 bits per heavy atom. The highest BCUT2D eigenvalue weighted by Crippen LogP contribution is 2.19. The Balaban J connectivity index is 1.94. The van der Waals surface area contributed by atoms with Crippen molar-refractivity contribution in [3.8, 4) is 0 Å². The fraction of sp³-hybridized carbons (Fsp3) is 0.583. The summed E-state index contributed by atoms with van der Waals surface area (Å²) in [6.07, 6.45) is 6.13. The molecule has 1 aliphatic carbocycles. The fourth-order valence-electron chi connectivity index (χ4n) is 2.13. The molecule has 0 aliphatic heterocycles. The summed E-state index contributed by atoms with van der Waals surface area (Å²) in [4.78, 5) is 13.0. The van der Waals surface area contributed by atoms with E-state index in [0.29, 0.717) is 6.04 Å². The number of carbonyl (C=O) groups is 1. The number of thiophene rings is 1. The molecular formula is C12H17NOS. The molecular weight excluding hydrogens is 206 g/mol. The molecule has 0 radical (unpaired) electrons. The first-order valence-electron chi connectivity index (χ1n) is 5.62. The van der Waals surface area contributed by atoms with Gasteiger partial charge in [0.25, 0.3) is 5.91 Å². The van der Waals surface area contributed by atoms with Crippen LogP contribution >= 0.6 is 11.3 Å². The van der Waals surface area contributed by atoms with Gasteiger partial charge in [-0.2, -0.15) is 0 Å². The van der Waals surface area contributed by atoms with Crippen molar-refractivity contribution in [3.05, 3.63) is 21.9 Å². The summed E-state index contributed by atoms with van der Waals surface area (Å²) in [5.74, 6) is 0.112. The van der Waals surface area contributed by atoms with Gasteiger partial charge in [0.1, 0.15) is 0 Å². The van der Waals surface area contributed by atoms with Gasteiger partial charge in [-0.3, -0.25) is 4.79 Å². The van der Waals surface area contributed by atoms with Crippen molar-refractivity contribution < 1.29 is 4.79 Å². The quantitative estimate of drug-likeness (QED) is 0.820. The van der Waals surface area contributed by atoms with E-state index in [4.69, 9.17) is 0 Å². The molecule has 1 amide bonds. The fourth-order valence-corrected chi connectivity index (χ4v) is 2.83. The maximum atomic E-state index is 11.9. The van der Waals surface area contributed by atoms with Crippen molar-refractivity contribution >= 4 is 17.2 Å². The highest BCUT2D eigenvalue weighted by atomic mass is 32.1. The van der Waals surface area contributed by atoms with Gasteiger partial charge >= 0.3 is 0 Å². The van der Waals surface area contributed by atoms with Gasteiger partial charge in [-0.1, -0.05) is 19.3 Å². The molecule has 1 N–H and O–H groups in total. The average Bonchev–Trinajstić information content (AvgIpc) is 2.66. The van der Waals surface area contributed by atoms with Crippen LogP contribution in [0.25, 0.3) is 0 Å². The van der Waals surface area contributed by atoms with Gasteiger partial charge < -0.3 is 5.32 Å². The maximum Gasteiger partial charge on any atom is 0.252 e. The highest BCUT2D eigenvalue weighted by molar-refractivity contribution is 7.10. The maximum absolute atomic E-state index is 11.9. The predicted octanol–water partition coefficient (Wildman–Crippen LogP) is 3.12. The van der Waals surface area contributed by atoms with Gasteiger partial charge in [0, 0.05) is 10.9 Å². The van der Waals surface area contributed by atoms with E-state index in [1.807, 2.05) is 18.4 Å². The zero-order chi connectivity index (χ0) is 10.7. The molecule has 82 valence electrons. The van der Waals surface area contributed by atoms with Crippen molar-refractivity contribution in [3.63, 3.8) is 0 Å². The molecule has 1 aliphatic rings. The third-order valence-corrected chi connectivity index (χ3v) is 3.89. The number of rotatable bonds is 2. The lowest BCUT2D eigenvalue weighted by atomic mass is 9.95. The molecule has 0 saturated heterocycles. The monoisotopic (exact) mass is 223 g/mol. The lowest BCUT2D eigenvalue weighted by Crippen LogP contribution is -2.36. The zero-order valence-electron chi connectivity index (χ0n) is 9.08. The molecule has 0 aromatic carbocycles. The Labute approximate surface area is 94.7 Å². The normalized spacial score (nSPS) is 17.7. The van der Waals surface area contributed by atoms with Crippen LogP contribution in [0.4, 0.5) is 0 Å². The number of aryl methyl sites for hydroxylation is 1.